The Labute approximate surface area is 137 Å². The van der Waals surface area contributed by atoms with E-state index in [9.17, 15) is 0 Å². The van der Waals surface area contributed by atoms with E-state index in [1.165, 1.54) is 0 Å². The zero-order valence-electron chi connectivity index (χ0n) is 12.1. The molecule has 1 aliphatic heterocycles. The maximum atomic E-state index is 5.84. The number of benzene rings is 1. The molecule has 0 saturated heterocycles. The molecule has 0 fully saturated rings. The predicted octanol–water partition coefficient (Wildman–Crippen LogP) is 1.97. The summed E-state index contributed by atoms with van der Waals surface area (Å²) in [5.74, 6) is 2.56. The van der Waals surface area contributed by atoms with Gasteiger partial charge in [0.15, 0.2) is 5.96 Å². The molecule has 0 radical (unpaired) electrons. The molecule has 1 unspecified atom stereocenters. The number of methoxy groups -OCH3 is 1. The zero-order valence-corrected chi connectivity index (χ0v) is 14.5. The Morgan fingerprint density at radius 2 is 2.15 bits per heavy atom. The van der Waals surface area contributed by atoms with Crippen molar-refractivity contribution in [3.05, 3.63) is 24.3 Å². The van der Waals surface area contributed by atoms with Gasteiger partial charge in [0.1, 0.15) is 17.6 Å². The Morgan fingerprint density at radius 3 is 2.80 bits per heavy atom. The first kappa shape index (κ1) is 16.9. The van der Waals surface area contributed by atoms with Gasteiger partial charge in [0, 0.05) is 19.7 Å². The minimum Gasteiger partial charge on any atom is -0.497 e. The lowest BCUT2D eigenvalue weighted by atomic mass is 10.3. The van der Waals surface area contributed by atoms with Gasteiger partial charge in [-0.15, -0.1) is 24.0 Å². The van der Waals surface area contributed by atoms with Gasteiger partial charge in [-0.25, -0.2) is 0 Å². The molecule has 1 aliphatic rings. The highest BCUT2D eigenvalue weighted by molar-refractivity contribution is 14.0. The lowest BCUT2D eigenvalue weighted by Gasteiger charge is -2.19. The summed E-state index contributed by atoms with van der Waals surface area (Å²) in [5, 5.41) is 3.30. The van der Waals surface area contributed by atoms with Gasteiger partial charge in [0.05, 0.1) is 20.2 Å². The van der Waals surface area contributed by atoms with Crippen molar-refractivity contribution in [1.29, 1.82) is 0 Å². The van der Waals surface area contributed by atoms with Crippen LogP contribution in [-0.2, 0) is 0 Å². The number of nitrogens with zero attached hydrogens (tertiary/aromatic N) is 2. The van der Waals surface area contributed by atoms with Gasteiger partial charge in [0.2, 0.25) is 0 Å². The highest BCUT2D eigenvalue weighted by atomic mass is 127. The quantitative estimate of drug-likeness (QED) is 0.780. The summed E-state index contributed by atoms with van der Waals surface area (Å²) in [5.41, 5.74) is 0. The first-order valence-corrected chi connectivity index (χ1v) is 6.49. The number of aliphatic imine (C=N–C) groups is 1. The van der Waals surface area contributed by atoms with E-state index in [0.29, 0.717) is 0 Å². The number of hydrogen-bond donors (Lipinski definition) is 1. The van der Waals surface area contributed by atoms with Crippen molar-refractivity contribution in [3.63, 3.8) is 0 Å². The summed E-state index contributed by atoms with van der Waals surface area (Å²) in [4.78, 5) is 6.49. The van der Waals surface area contributed by atoms with E-state index < -0.39 is 0 Å². The van der Waals surface area contributed by atoms with E-state index in [-0.39, 0.29) is 30.1 Å². The molecule has 2 rings (SSSR count). The number of rotatable bonds is 5. The van der Waals surface area contributed by atoms with Crippen LogP contribution < -0.4 is 14.8 Å². The van der Waals surface area contributed by atoms with E-state index in [0.717, 1.165) is 37.1 Å². The smallest absolute Gasteiger partial charge is 0.193 e. The van der Waals surface area contributed by atoms with Crippen LogP contribution in [0.4, 0.5) is 0 Å². The summed E-state index contributed by atoms with van der Waals surface area (Å²) in [7, 11) is 3.69. The fraction of sp³-hybridized carbons (Fsp3) is 0.500. The molecule has 1 heterocycles. The molecule has 0 aliphatic carbocycles. The normalized spacial score (nSPS) is 15.2. The fourth-order valence-corrected chi connectivity index (χ4v) is 1.91. The highest BCUT2D eigenvalue weighted by Crippen LogP contribution is 2.19. The molecule has 5 nitrogen and oxygen atoms in total. The summed E-state index contributed by atoms with van der Waals surface area (Å²) >= 11 is 0. The number of likely N-dealkylation sites (N-methyl/N-ethyl adjacent to an activating group) is 1. The number of hydrogen-bond acceptors (Lipinski definition) is 5. The zero-order chi connectivity index (χ0) is 13.7. The fourth-order valence-electron chi connectivity index (χ4n) is 1.91. The third kappa shape index (κ3) is 4.73. The Kier molecular flexibility index (Phi) is 6.90. The van der Waals surface area contributed by atoms with E-state index in [1.807, 2.05) is 38.2 Å². The molecule has 1 aromatic carbocycles. The minimum atomic E-state index is 0. The second-order valence-corrected chi connectivity index (χ2v) is 4.62. The van der Waals surface area contributed by atoms with Gasteiger partial charge >= 0.3 is 0 Å². The molecule has 20 heavy (non-hydrogen) atoms. The van der Waals surface area contributed by atoms with Crippen LogP contribution in [0.25, 0.3) is 0 Å². The van der Waals surface area contributed by atoms with Crippen LogP contribution in [0.1, 0.15) is 6.92 Å². The average molecular weight is 391 g/mol. The molecule has 1 atom stereocenters. The van der Waals surface area contributed by atoms with Crippen LogP contribution in [0, 0.1) is 0 Å². The SMILES string of the molecule is COc1cccc(OC(C)CNC2=NCCN2C)c1.I. The van der Waals surface area contributed by atoms with E-state index in [4.69, 9.17) is 9.47 Å². The van der Waals surface area contributed by atoms with E-state index in [1.54, 1.807) is 7.11 Å². The van der Waals surface area contributed by atoms with Crippen molar-refractivity contribution in [2.45, 2.75) is 13.0 Å². The molecule has 0 amide bonds. The molecule has 0 saturated carbocycles. The highest BCUT2D eigenvalue weighted by Gasteiger charge is 2.13. The monoisotopic (exact) mass is 391 g/mol. The second kappa shape index (κ2) is 8.18. The summed E-state index contributed by atoms with van der Waals surface area (Å²) in [6.45, 7) is 4.60. The lowest BCUT2D eigenvalue weighted by molar-refractivity contribution is 0.222. The van der Waals surface area contributed by atoms with E-state index >= 15 is 0 Å². The third-order valence-corrected chi connectivity index (χ3v) is 2.98. The van der Waals surface area contributed by atoms with Crippen LogP contribution in [-0.4, -0.2) is 50.8 Å². The van der Waals surface area contributed by atoms with Crippen molar-refractivity contribution in [2.75, 3.05) is 33.8 Å². The van der Waals surface area contributed by atoms with Crippen LogP contribution in [0.15, 0.2) is 29.3 Å². The number of ether oxygens (including phenoxy) is 2. The van der Waals surface area contributed by atoms with Crippen molar-refractivity contribution < 1.29 is 9.47 Å². The lowest BCUT2D eigenvalue weighted by Crippen LogP contribution is -2.40. The maximum absolute atomic E-state index is 5.84. The minimum absolute atomic E-state index is 0. The van der Waals surface area contributed by atoms with Crippen molar-refractivity contribution in [3.8, 4) is 11.5 Å². The molecule has 112 valence electrons. The largest absolute Gasteiger partial charge is 0.497 e. The Bertz CT molecular complexity index is 454. The topological polar surface area (TPSA) is 46.1 Å². The van der Waals surface area contributed by atoms with Crippen LogP contribution in [0.5, 0.6) is 11.5 Å². The van der Waals surface area contributed by atoms with Gasteiger partial charge in [-0.3, -0.25) is 4.99 Å². The Morgan fingerprint density at radius 1 is 1.40 bits per heavy atom. The second-order valence-electron chi connectivity index (χ2n) is 4.62. The Hall–Kier alpha value is -1.18. The standard InChI is InChI=1S/C14H21N3O2.HI/c1-11(10-16-14-15-7-8-17(14)2)19-13-6-4-5-12(9-13)18-3;/h4-6,9,11H,7-8,10H2,1-3H3,(H,15,16);1H. The molecular weight excluding hydrogens is 369 g/mol. The van der Waals surface area contributed by atoms with Gasteiger partial charge in [0.25, 0.3) is 0 Å². The van der Waals surface area contributed by atoms with Crippen molar-refractivity contribution in [1.82, 2.24) is 10.2 Å². The van der Waals surface area contributed by atoms with Gasteiger partial charge in [-0.05, 0) is 19.1 Å². The van der Waals surface area contributed by atoms with Crippen molar-refractivity contribution >= 4 is 29.9 Å². The molecular formula is C14H22IN3O2. The predicted molar refractivity (Wildman–Crippen MR) is 91.4 cm³/mol. The number of guanidine groups is 1. The molecule has 1 aromatic rings. The Balaban J connectivity index is 0.00000200. The first-order chi connectivity index (χ1) is 9.19. The van der Waals surface area contributed by atoms with Crippen molar-refractivity contribution in [2.24, 2.45) is 4.99 Å². The van der Waals surface area contributed by atoms with Gasteiger partial charge in [-0.2, -0.15) is 0 Å². The maximum Gasteiger partial charge on any atom is 0.193 e. The molecule has 1 N–H and O–H groups in total. The number of nitrogens with one attached hydrogen (secondary N) is 1. The van der Waals surface area contributed by atoms with E-state index in [2.05, 4.69) is 15.2 Å². The molecule has 6 heteroatoms. The average Bonchev–Trinajstić information content (AvgIpc) is 2.82. The molecule has 0 spiro atoms. The summed E-state index contributed by atoms with van der Waals surface area (Å²) < 4.78 is 11.0. The molecule has 0 aromatic heterocycles. The van der Waals surface area contributed by atoms with Crippen LogP contribution in [0.2, 0.25) is 0 Å². The molecule has 0 bridgehead atoms. The van der Waals surface area contributed by atoms with Gasteiger partial charge in [-0.1, -0.05) is 6.07 Å². The first-order valence-electron chi connectivity index (χ1n) is 6.49. The summed E-state index contributed by atoms with van der Waals surface area (Å²) in [6.07, 6.45) is 0.0591. The number of halogens is 1. The van der Waals surface area contributed by atoms with Crippen LogP contribution >= 0.6 is 24.0 Å². The third-order valence-electron chi connectivity index (χ3n) is 2.98. The van der Waals surface area contributed by atoms with Crippen LogP contribution in [0.3, 0.4) is 0 Å². The van der Waals surface area contributed by atoms with Gasteiger partial charge < -0.3 is 19.7 Å². The summed E-state index contributed by atoms with van der Waals surface area (Å²) in [6, 6.07) is 7.63.